The van der Waals surface area contributed by atoms with E-state index >= 15 is 0 Å². The van der Waals surface area contributed by atoms with E-state index in [0.29, 0.717) is 56.2 Å². The molecule has 0 aliphatic heterocycles. The molecule has 5 heterocycles. The zero-order chi connectivity index (χ0) is 53.0. The van der Waals surface area contributed by atoms with Gasteiger partial charge in [0, 0.05) is 35.5 Å². The van der Waals surface area contributed by atoms with Crippen LogP contribution in [-0.2, 0) is 24.3 Å². The Hall–Kier alpha value is -8.75. The van der Waals surface area contributed by atoms with Crippen molar-refractivity contribution < 1.29 is 24.2 Å². The summed E-state index contributed by atoms with van der Waals surface area (Å²) in [6.07, 6.45) is 3.40. The van der Waals surface area contributed by atoms with Crippen molar-refractivity contribution in [2.45, 2.75) is 38.1 Å². The molecule has 0 amide bonds. The topological polar surface area (TPSA) is 155 Å². The summed E-state index contributed by atoms with van der Waals surface area (Å²) in [5.41, 5.74) is 4.01. The summed E-state index contributed by atoms with van der Waals surface area (Å²) in [7, 11) is 3.19. The molecule has 12 nitrogen and oxygen atoms in total. The van der Waals surface area contributed by atoms with Gasteiger partial charge in [0.25, 0.3) is 11.1 Å². The Morgan fingerprint density at radius 1 is 0.526 bits per heavy atom. The van der Waals surface area contributed by atoms with E-state index in [4.69, 9.17) is 14.0 Å². The van der Waals surface area contributed by atoms with Crippen molar-refractivity contribution in [3.05, 3.63) is 288 Å². The average Bonchev–Trinajstić information content (AvgIpc) is 3.82. The molecular formula is C63H52BrN5O7. The van der Waals surface area contributed by atoms with E-state index in [2.05, 4.69) is 31.1 Å². The average molecular weight is 1070 g/mol. The first-order valence-electron chi connectivity index (χ1n) is 24.5. The fourth-order valence-electron chi connectivity index (χ4n) is 9.99. The van der Waals surface area contributed by atoms with Crippen LogP contribution in [0.2, 0.25) is 0 Å². The summed E-state index contributed by atoms with van der Waals surface area (Å²) < 4.78 is 20.9. The third kappa shape index (κ3) is 9.52. The largest absolute Gasteiger partial charge is 0.496 e. The number of aryl methyl sites for hydroxylation is 2. The Morgan fingerprint density at radius 3 is 1.29 bits per heavy atom. The maximum atomic E-state index is 14.5. The molecule has 2 N–H and O–H groups in total. The number of ether oxygens (including phenoxy) is 2. The van der Waals surface area contributed by atoms with Crippen molar-refractivity contribution >= 4 is 37.7 Å². The summed E-state index contributed by atoms with van der Waals surface area (Å²) in [4.78, 5) is 37.6. The van der Waals surface area contributed by atoms with E-state index in [1.807, 2.05) is 196 Å². The minimum atomic E-state index is -1.72. The normalized spacial score (nSPS) is 11.6. The van der Waals surface area contributed by atoms with E-state index in [1.165, 1.54) is 0 Å². The Balaban J connectivity index is 0.000000175. The molecule has 0 aliphatic rings. The predicted molar refractivity (Wildman–Crippen MR) is 299 cm³/mol. The van der Waals surface area contributed by atoms with Crippen LogP contribution in [0.15, 0.2) is 225 Å². The Morgan fingerprint density at radius 2 is 0.921 bits per heavy atom. The van der Waals surface area contributed by atoms with Crippen LogP contribution >= 0.6 is 15.9 Å². The molecule has 0 fully saturated rings. The molecule has 0 spiro atoms. The number of halogens is 1. The van der Waals surface area contributed by atoms with Crippen molar-refractivity contribution in [3.8, 4) is 22.6 Å². The van der Waals surface area contributed by atoms with E-state index in [9.17, 15) is 19.8 Å². The summed E-state index contributed by atoms with van der Waals surface area (Å²) >= 11 is 3.57. The lowest BCUT2D eigenvalue weighted by molar-refractivity contribution is 0.123. The highest BCUT2D eigenvalue weighted by Crippen LogP contribution is 2.42. The number of nitrogens with zero attached hydrogens (tertiary/aromatic N) is 5. The Labute approximate surface area is 446 Å². The van der Waals surface area contributed by atoms with Gasteiger partial charge in [0.15, 0.2) is 0 Å². The molecule has 0 saturated heterocycles. The highest BCUT2D eigenvalue weighted by molar-refractivity contribution is 9.10. The van der Waals surface area contributed by atoms with Gasteiger partial charge < -0.3 is 33.3 Å². The number of aromatic nitrogens is 5. The first kappa shape index (κ1) is 50.8. The van der Waals surface area contributed by atoms with Crippen LogP contribution in [0.4, 0.5) is 0 Å². The quantitative estimate of drug-likeness (QED) is 0.114. The second kappa shape index (κ2) is 21.6. The maximum absolute atomic E-state index is 14.5. The molecule has 0 unspecified atom stereocenters. The van der Waals surface area contributed by atoms with Crippen LogP contribution < -0.4 is 20.6 Å². The minimum Gasteiger partial charge on any atom is -0.496 e. The van der Waals surface area contributed by atoms with Gasteiger partial charge >= 0.3 is 0 Å². The van der Waals surface area contributed by atoms with Gasteiger partial charge in [0.2, 0.25) is 0 Å². The van der Waals surface area contributed by atoms with Gasteiger partial charge in [0.1, 0.15) is 28.5 Å². The first-order valence-corrected chi connectivity index (χ1v) is 25.3. The smallest absolute Gasteiger partial charge is 0.258 e. The molecule has 11 aromatic rings. The first-order chi connectivity index (χ1) is 36.9. The van der Waals surface area contributed by atoms with E-state index in [0.717, 1.165) is 37.8 Å². The van der Waals surface area contributed by atoms with Crippen molar-refractivity contribution in [2.24, 2.45) is 0 Å². The van der Waals surface area contributed by atoms with Gasteiger partial charge in [0.05, 0.1) is 76.6 Å². The molecule has 13 heteroatoms. The van der Waals surface area contributed by atoms with Crippen molar-refractivity contribution in [1.29, 1.82) is 0 Å². The van der Waals surface area contributed by atoms with E-state index in [1.54, 1.807) is 47.9 Å². The van der Waals surface area contributed by atoms with Crippen LogP contribution in [0.3, 0.4) is 0 Å². The Kier molecular flexibility index (Phi) is 14.4. The molecule has 6 aromatic carbocycles. The van der Waals surface area contributed by atoms with Crippen molar-refractivity contribution in [2.75, 3.05) is 14.2 Å². The summed E-state index contributed by atoms with van der Waals surface area (Å²) in [6, 6.07) is 59.4. The fourth-order valence-corrected chi connectivity index (χ4v) is 10.5. The lowest BCUT2D eigenvalue weighted by atomic mass is 9.80. The molecule has 0 aliphatic carbocycles. The monoisotopic (exact) mass is 1070 g/mol. The molecule has 11 rings (SSSR count). The molecule has 0 atom stereocenters. The molecule has 5 aromatic heterocycles. The van der Waals surface area contributed by atoms with Gasteiger partial charge in [-0.2, -0.15) is 0 Å². The summed E-state index contributed by atoms with van der Waals surface area (Å²) in [6.45, 7) is 4.19. The maximum Gasteiger partial charge on any atom is 0.258 e. The summed E-state index contributed by atoms with van der Waals surface area (Å²) in [5, 5.41) is 30.7. The highest BCUT2D eigenvalue weighted by atomic mass is 79.9. The van der Waals surface area contributed by atoms with Gasteiger partial charge in [-0.3, -0.25) is 19.6 Å². The Bertz CT molecular complexity index is 3850. The molecule has 0 saturated carbocycles. The number of methoxy groups -OCH3 is 2. The number of hydrogen-bond donors (Lipinski definition) is 2. The lowest BCUT2D eigenvalue weighted by Crippen LogP contribution is -2.38. The van der Waals surface area contributed by atoms with Gasteiger partial charge in [-0.1, -0.05) is 139 Å². The minimum absolute atomic E-state index is 0.206. The van der Waals surface area contributed by atoms with Crippen molar-refractivity contribution in [1.82, 2.24) is 24.3 Å². The summed E-state index contributed by atoms with van der Waals surface area (Å²) in [5.74, 6) is 1.85. The second-order valence-electron chi connectivity index (χ2n) is 18.3. The molecule has 378 valence electrons. The van der Waals surface area contributed by atoms with Crippen LogP contribution in [0.25, 0.3) is 32.9 Å². The lowest BCUT2D eigenvalue weighted by Gasteiger charge is -2.30. The van der Waals surface area contributed by atoms with E-state index in [-0.39, 0.29) is 35.3 Å². The number of pyridine rings is 4. The molecule has 0 bridgehead atoms. The van der Waals surface area contributed by atoms with Crippen molar-refractivity contribution in [3.63, 3.8) is 0 Å². The van der Waals surface area contributed by atoms with Crippen LogP contribution in [0.1, 0.15) is 56.2 Å². The molecule has 0 radical (unpaired) electrons. The fraction of sp³-hybridized carbons (Fsp3) is 0.127. The van der Waals surface area contributed by atoms with Crippen LogP contribution in [0, 0.1) is 13.8 Å². The standard InChI is InChI=1S/C34H29N3O4.C29H23BrN2O3/c1-22-32(23(2)41-36-22)28-18-24-19-29(34(39,25-12-6-4-7-13-25)26-14-8-5-9-15-26)33(38)37(30(24)20-31(28)40-3)21-27-16-10-11-17-35-27;1-35-27-18-26-20(17-25(27)30)16-24(28(33)32(26)19-23-14-8-9-15-31-23)29(34,21-10-4-2-5-11-21)22-12-6-3-7-13-22/h4-20,39H,21H2,1-3H3;2-18,34H,19H2,1H3. The number of benzene rings is 6. The predicted octanol–water partition coefficient (Wildman–Crippen LogP) is 11.5. The van der Waals surface area contributed by atoms with Gasteiger partial charge in [-0.25, -0.2) is 0 Å². The van der Waals surface area contributed by atoms with Gasteiger partial charge in [-0.15, -0.1) is 0 Å². The molecule has 76 heavy (non-hydrogen) atoms. The number of aliphatic hydroxyl groups is 2. The zero-order valence-corrected chi connectivity index (χ0v) is 43.7. The highest BCUT2D eigenvalue weighted by Gasteiger charge is 2.39. The van der Waals surface area contributed by atoms with Crippen LogP contribution in [0.5, 0.6) is 11.5 Å². The number of fused-ring (bicyclic) bond motifs is 2. The molecular weight excluding hydrogens is 1020 g/mol. The zero-order valence-electron chi connectivity index (χ0n) is 42.1. The van der Waals surface area contributed by atoms with Gasteiger partial charge in [-0.05, 0) is 106 Å². The second-order valence-corrected chi connectivity index (χ2v) is 19.1. The SMILES string of the molecule is COc1cc2c(cc1-c1c(C)noc1C)cc(C(O)(c1ccccc1)c1ccccc1)c(=O)n2Cc1ccccn1.COc1cc2c(cc1Br)cc(C(O)(c1ccccc1)c1ccccc1)c(=O)n2Cc1ccccn1. The number of hydrogen-bond acceptors (Lipinski definition) is 10. The third-order valence-electron chi connectivity index (χ3n) is 13.7. The number of rotatable bonds is 13. The van der Waals surface area contributed by atoms with Crippen LogP contribution in [-0.4, -0.2) is 48.7 Å². The van der Waals surface area contributed by atoms with E-state index < -0.39 is 11.2 Å². The third-order valence-corrected chi connectivity index (χ3v) is 14.3.